The van der Waals surface area contributed by atoms with Gasteiger partial charge >= 0.3 is 6.01 Å². The molecule has 1 aromatic heterocycles. The van der Waals surface area contributed by atoms with Gasteiger partial charge in [0.25, 0.3) is 0 Å². The fraction of sp³-hybridized carbons (Fsp3) is 0.438. The molecular formula is C16H21N3O. The molecule has 1 aliphatic rings. The Morgan fingerprint density at radius 2 is 2.15 bits per heavy atom. The standard InChI is InChI=1S/C16H21N3O/c1-3-19(15-7-5-4-6-12(15)2)16-18-14(11-20-16)10-17-13-8-9-13/h4-7,11,13,17H,3,8-10H2,1-2H3. The number of hydrogen-bond donors (Lipinski definition) is 1. The summed E-state index contributed by atoms with van der Waals surface area (Å²) < 4.78 is 5.65. The van der Waals surface area contributed by atoms with E-state index < -0.39 is 0 Å². The lowest BCUT2D eigenvalue weighted by atomic mass is 10.2. The summed E-state index contributed by atoms with van der Waals surface area (Å²) in [7, 11) is 0. The minimum Gasteiger partial charge on any atom is -0.431 e. The molecule has 1 N–H and O–H groups in total. The van der Waals surface area contributed by atoms with E-state index in [2.05, 4.69) is 41.2 Å². The molecule has 1 heterocycles. The lowest BCUT2D eigenvalue weighted by Crippen LogP contribution is -2.18. The van der Waals surface area contributed by atoms with E-state index in [1.54, 1.807) is 6.26 Å². The van der Waals surface area contributed by atoms with E-state index in [9.17, 15) is 0 Å². The second-order valence-electron chi connectivity index (χ2n) is 5.31. The number of para-hydroxylation sites is 1. The summed E-state index contributed by atoms with van der Waals surface area (Å²) in [6, 6.07) is 9.67. The maximum absolute atomic E-state index is 5.65. The molecule has 2 aromatic rings. The second kappa shape index (κ2) is 5.67. The number of oxazole rings is 1. The highest BCUT2D eigenvalue weighted by Gasteiger charge is 2.21. The Hall–Kier alpha value is -1.81. The first kappa shape index (κ1) is 13.2. The van der Waals surface area contributed by atoms with Crippen molar-refractivity contribution in [2.75, 3.05) is 11.4 Å². The number of nitrogens with zero attached hydrogens (tertiary/aromatic N) is 2. The van der Waals surface area contributed by atoms with Gasteiger partial charge in [-0.05, 0) is 38.3 Å². The number of rotatable bonds is 6. The molecule has 0 unspecified atom stereocenters. The van der Waals surface area contributed by atoms with Crippen LogP contribution < -0.4 is 10.2 Å². The summed E-state index contributed by atoms with van der Waals surface area (Å²) in [5.41, 5.74) is 3.35. The third-order valence-corrected chi connectivity index (χ3v) is 3.64. The van der Waals surface area contributed by atoms with Gasteiger partial charge in [0, 0.05) is 24.8 Å². The number of aromatic nitrogens is 1. The van der Waals surface area contributed by atoms with Crippen LogP contribution in [-0.4, -0.2) is 17.6 Å². The smallest absolute Gasteiger partial charge is 0.302 e. The van der Waals surface area contributed by atoms with Gasteiger partial charge in [-0.2, -0.15) is 4.98 Å². The normalized spacial score (nSPS) is 14.5. The van der Waals surface area contributed by atoms with Crippen LogP contribution in [0, 0.1) is 6.92 Å². The zero-order valence-corrected chi connectivity index (χ0v) is 12.1. The van der Waals surface area contributed by atoms with Crippen LogP contribution in [-0.2, 0) is 6.54 Å². The average Bonchev–Trinajstić information content (AvgIpc) is 3.18. The molecule has 20 heavy (non-hydrogen) atoms. The van der Waals surface area contributed by atoms with Crippen LogP contribution in [0.5, 0.6) is 0 Å². The highest BCUT2D eigenvalue weighted by atomic mass is 16.4. The van der Waals surface area contributed by atoms with E-state index in [4.69, 9.17) is 4.42 Å². The van der Waals surface area contributed by atoms with Crippen molar-refractivity contribution in [3.63, 3.8) is 0 Å². The van der Waals surface area contributed by atoms with Crippen molar-refractivity contribution in [2.45, 2.75) is 39.3 Å². The molecule has 1 saturated carbocycles. The monoisotopic (exact) mass is 271 g/mol. The first-order valence-electron chi connectivity index (χ1n) is 7.29. The van der Waals surface area contributed by atoms with Crippen molar-refractivity contribution in [1.29, 1.82) is 0 Å². The van der Waals surface area contributed by atoms with Crippen LogP contribution in [0.25, 0.3) is 0 Å². The molecule has 3 rings (SSSR count). The van der Waals surface area contributed by atoms with Crippen molar-refractivity contribution >= 4 is 11.7 Å². The zero-order valence-electron chi connectivity index (χ0n) is 12.1. The summed E-state index contributed by atoms with van der Waals surface area (Å²) in [5.74, 6) is 0. The van der Waals surface area contributed by atoms with Gasteiger partial charge in [0.1, 0.15) is 6.26 Å². The van der Waals surface area contributed by atoms with Gasteiger partial charge in [0.2, 0.25) is 0 Å². The van der Waals surface area contributed by atoms with E-state index in [-0.39, 0.29) is 0 Å². The predicted molar refractivity (Wildman–Crippen MR) is 80.2 cm³/mol. The molecule has 0 radical (unpaired) electrons. The lowest BCUT2D eigenvalue weighted by Gasteiger charge is -2.20. The third-order valence-electron chi connectivity index (χ3n) is 3.64. The van der Waals surface area contributed by atoms with E-state index in [1.165, 1.54) is 18.4 Å². The number of anilines is 2. The summed E-state index contributed by atoms with van der Waals surface area (Å²) in [6.07, 6.45) is 4.33. The van der Waals surface area contributed by atoms with Crippen molar-refractivity contribution in [3.8, 4) is 0 Å². The fourth-order valence-electron chi connectivity index (χ4n) is 2.31. The minimum atomic E-state index is 0.675. The molecule has 1 aromatic carbocycles. The molecule has 0 bridgehead atoms. The molecule has 4 nitrogen and oxygen atoms in total. The molecule has 1 fully saturated rings. The van der Waals surface area contributed by atoms with Gasteiger partial charge in [-0.25, -0.2) is 0 Å². The molecular weight excluding hydrogens is 250 g/mol. The Balaban J connectivity index is 1.76. The van der Waals surface area contributed by atoms with Gasteiger partial charge in [0.05, 0.1) is 5.69 Å². The highest BCUT2D eigenvalue weighted by molar-refractivity contribution is 5.60. The van der Waals surface area contributed by atoms with Gasteiger partial charge in [-0.3, -0.25) is 4.90 Å². The van der Waals surface area contributed by atoms with Crippen LogP contribution >= 0.6 is 0 Å². The number of nitrogens with one attached hydrogen (secondary N) is 1. The van der Waals surface area contributed by atoms with E-state index in [1.807, 2.05) is 12.1 Å². The maximum atomic E-state index is 5.65. The second-order valence-corrected chi connectivity index (χ2v) is 5.31. The summed E-state index contributed by atoms with van der Waals surface area (Å²) in [4.78, 5) is 6.70. The Morgan fingerprint density at radius 3 is 2.85 bits per heavy atom. The first-order valence-corrected chi connectivity index (χ1v) is 7.29. The third kappa shape index (κ3) is 2.85. The molecule has 4 heteroatoms. The SMILES string of the molecule is CCN(c1nc(CNC2CC2)co1)c1ccccc1C. The topological polar surface area (TPSA) is 41.3 Å². The Bertz CT molecular complexity index is 575. The van der Waals surface area contributed by atoms with Gasteiger partial charge < -0.3 is 9.73 Å². The van der Waals surface area contributed by atoms with Crippen molar-refractivity contribution < 1.29 is 4.42 Å². The number of aryl methyl sites for hydroxylation is 1. The quantitative estimate of drug-likeness (QED) is 0.874. The molecule has 0 atom stereocenters. The average molecular weight is 271 g/mol. The Kier molecular flexibility index (Phi) is 3.74. The number of hydrogen-bond acceptors (Lipinski definition) is 4. The van der Waals surface area contributed by atoms with Gasteiger partial charge in [-0.15, -0.1) is 0 Å². The first-order chi connectivity index (χ1) is 9.78. The molecule has 0 amide bonds. The van der Waals surface area contributed by atoms with Crippen molar-refractivity contribution in [3.05, 3.63) is 41.8 Å². The van der Waals surface area contributed by atoms with Crippen LogP contribution in [0.4, 0.5) is 11.7 Å². The van der Waals surface area contributed by atoms with E-state index in [0.29, 0.717) is 12.1 Å². The molecule has 106 valence electrons. The molecule has 1 aliphatic carbocycles. The zero-order chi connectivity index (χ0) is 13.9. The maximum Gasteiger partial charge on any atom is 0.302 e. The molecule has 0 aliphatic heterocycles. The lowest BCUT2D eigenvalue weighted by molar-refractivity contribution is 0.552. The van der Waals surface area contributed by atoms with Crippen molar-refractivity contribution in [1.82, 2.24) is 10.3 Å². The van der Waals surface area contributed by atoms with Crippen LogP contribution in [0.3, 0.4) is 0 Å². The fourth-order valence-corrected chi connectivity index (χ4v) is 2.31. The van der Waals surface area contributed by atoms with Crippen molar-refractivity contribution in [2.24, 2.45) is 0 Å². The molecule has 0 saturated heterocycles. The van der Waals surface area contributed by atoms with Crippen LogP contribution in [0.2, 0.25) is 0 Å². The predicted octanol–water partition coefficient (Wildman–Crippen LogP) is 3.39. The summed E-state index contributed by atoms with van der Waals surface area (Å²) in [5, 5.41) is 3.45. The molecule has 0 spiro atoms. The van der Waals surface area contributed by atoms with E-state index in [0.717, 1.165) is 24.5 Å². The van der Waals surface area contributed by atoms with Crippen LogP contribution in [0.1, 0.15) is 31.0 Å². The van der Waals surface area contributed by atoms with E-state index >= 15 is 0 Å². The van der Waals surface area contributed by atoms with Crippen LogP contribution in [0.15, 0.2) is 34.9 Å². The van der Waals surface area contributed by atoms with Gasteiger partial charge in [-0.1, -0.05) is 18.2 Å². The Labute approximate surface area is 119 Å². The van der Waals surface area contributed by atoms with Gasteiger partial charge in [0.15, 0.2) is 0 Å². The minimum absolute atomic E-state index is 0.675. The Morgan fingerprint density at radius 1 is 1.35 bits per heavy atom. The highest BCUT2D eigenvalue weighted by Crippen LogP contribution is 2.27. The summed E-state index contributed by atoms with van der Waals surface area (Å²) in [6.45, 7) is 5.84. The summed E-state index contributed by atoms with van der Waals surface area (Å²) >= 11 is 0. The number of benzene rings is 1. The largest absolute Gasteiger partial charge is 0.431 e.